The van der Waals surface area contributed by atoms with Gasteiger partial charge in [-0.2, -0.15) is 0 Å². The molecule has 1 unspecified atom stereocenters. The van der Waals surface area contributed by atoms with Crippen LogP contribution >= 0.6 is 0 Å². The Morgan fingerprint density at radius 2 is 1.90 bits per heavy atom. The van der Waals surface area contributed by atoms with Crippen LogP contribution in [0, 0.1) is 0 Å². The highest BCUT2D eigenvalue weighted by Gasteiger charge is 2.18. The van der Waals surface area contributed by atoms with Gasteiger partial charge in [-0.05, 0) is 0 Å². The van der Waals surface area contributed by atoms with Crippen molar-refractivity contribution >= 4 is 5.91 Å². The molecule has 1 amide bonds. The molecule has 0 radical (unpaired) electrons. The third-order valence-electron chi connectivity index (χ3n) is 1.13. The number of carbonyl (C=O) groups excluding carboxylic acids is 1. The first kappa shape index (κ1) is 6.69. The summed E-state index contributed by atoms with van der Waals surface area (Å²) < 4.78 is 0. The molecule has 8 N–H and O–H groups in total. The van der Waals surface area contributed by atoms with Gasteiger partial charge in [0.2, 0.25) is 0 Å². The van der Waals surface area contributed by atoms with E-state index in [4.69, 9.17) is 17.2 Å². The molecule has 1 heterocycles. The van der Waals surface area contributed by atoms with Gasteiger partial charge in [0.25, 0.3) is 5.91 Å². The van der Waals surface area contributed by atoms with Crippen molar-refractivity contribution < 1.29 is 4.79 Å². The Balaban J connectivity index is 2.85. The van der Waals surface area contributed by atoms with E-state index in [1.807, 2.05) is 0 Å². The molecule has 6 heteroatoms. The van der Waals surface area contributed by atoms with E-state index in [1.54, 1.807) is 0 Å². The van der Waals surface area contributed by atoms with Crippen LogP contribution in [0.3, 0.4) is 0 Å². The lowest BCUT2D eigenvalue weighted by molar-refractivity contribution is -0.119. The molecule has 6 nitrogen and oxygen atoms in total. The summed E-state index contributed by atoms with van der Waals surface area (Å²) in [7, 11) is 0. The van der Waals surface area contributed by atoms with Gasteiger partial charge in [0.15, 0.2) is 6.29 Å². The Hall–Kier alpha value is -1.43. The van der Waals surface area contributed by atoms with Gasteiger partial charge in [-0.1, -0.05) is 0 Å². The van der Waals surface area contributed by atoms with Crippen molar-refractivity contribution in [3.8, 4) is 0 Å². The minimum absolute atomic E-state index is 0.0262. The molecule has 1 rings (SSSR count). The first-order valence-corrected chi connectivity index (χ1v) is 2.69. The monoisotopic (exact) mass is 143 g/mol. The largest absolute Gasteiger partial charge is 0.391 e. The molecule has 0 saturated carbocycles. The van der Waals surface area contributed by atoms with Gasteiger partial charge in [0, 0.05) is 0 Å². The first-order chi connectivity index (χ1) is 4.61. The fourth-order valence-electron chi connectivity index (χ4n) is 0.623. The molecule has 1 atom stereocenters. The molecule has 1 aliphatic rings. The van der Waals surface area contributed by atoms with Crippen LogP contribution in [0.2, 0.25) is 0 Å². The van der Waals surface area contributed by atoms with Crippen LogP contribution in [-0.4, -0.2) is 12.2 Å². The standard InChI is InChI=1S/C4H9N5O/c5-1-2(6)8-4(7)9-3(1)10/h4,8H,5-7H2,(H,9,10). The van der Waals surface area contributed by atoms with E-state index in [0.29, 0.717) is 0 Å². The summed E-state index contributed by atoms with van der Waals surface area (Å²) in [5.74, 6) is -0.319. The zero-order valence-corrected chi connectivity index (χ0v) is 5.22. The van der Waals surface area contributed by atoms with Crippen LogP contribution in [-0.2, 0) is 4.79 Å². The lowest BCUT2D eigenvalue weighted by atomic mass is 10.3. The Morgan fingerprint density at radius 3 is 2.40 bits per heavy atom. The molecule has 0 saturated heterocycles. The normalized spacial score (nSPS) is 25.7. The van der Waals surface area contributed by atoms with Gasteiger partial charge < -0.3 is 22.1 Å². The maximum absolute atomic E-state index is 10.7. The number of hydrogen-bond acceptors (Lipinski definition) is 5. The third-order valence-corrected chi connectivity index (χ3v) is 1.13. The summed E-state index contributed by atoms with van der Waals surface area (Å²) in [5.41, 5.74) is 15.7. The van der Waals surface area contributed by atoms with Crippen molar-refractivity contribution in [2.75, 3.05) is 0 Å². The van der Waals surface area contributed by atoms with E-state index >= 15 is 0 Å². The van der Waals surface area contributed by atoms with E-state index in [2.05, 4.69) is 10.6 Å². The minimum Gasteiger partial charge on any atom is -0.391 e. The Bertz CT molecular complexity index is 198. The highest BCUT2D eigenvalue weighted by molar-refractivity contribution is 5.93. The van der Waals surface area contributed by atoms with Crippen molar-refractivity contribution in [3.05, 3.63) is 11.5 Å². The molecule has 0 fully saturated rings. The maximum Gasteiger partial charge on any atom is 0.273 e. The van der Waals surface area contributed by atoms with Gasteiger partial charge >= 0.3 is 0 Å². The van der Waals surface area contributed by atoms with Crippen molar-refractivity contribution in [2.45, 2.75) is 6.29 Å². The molecular weight excluding hydrogens is 134 g/mol. The lowest BCUT2D eigenvalue weighted by Gasteiger charge is -2.22. The molecule has 0 spiro atoms. The molecule has 0 bridgehead atoms. The van der Waals surface area contributed by atoms with E-state index in [0.717, 1.165) is 0 Å². The molecule has 1 aliphatic heterocycles. The van der Waals surface area contributed by atoms with Gasteiger partial charge in [0.1, 0.15) is 11.5 Å². The average Bonchev–Trinajstić information content (AvgIpc) is 1.82. The SMILES string of the molecule is NC1=C(N)C(=O)NC(N)N1. The Labute approximate surface area is 57.4 Å². The number of nitrogens with two attached hydrogens (primary N) is 3. The number of nitrogens with one attached hydrogen (secondary N) is 2. The second-order valence-electron chi connectivity index (χ2n) is 1.92. The number of rotatable bonds is 0. The van der Waals surface area contributed by atoms with Gasteiger partial charge in [-0.3, -0.25) is 10.5 Å². The van der Waals surface area contributed by atoms with Crippen LogP contribution in [0.15, 0.2) is 11.5 Å². The van der Waals surface area contributed by atoms with Crippen molar-refractivity contribution in [2.24, 2.45) is 17.2 Å². The van der Waals surface area contributed by atoms with Crippen LogP contribution in [0.5, 0.6) is 0 Å². The summed E-state index contributed by atoms with van der Waals surface area (Å²) in [6.07, 6.45) is -0.639. The summed E-state index contributed by atoms with van der Waals surface area (Å²) in [5, 5.41) is 4.86. The second-order valence-corrected chi connectivity index (χ2v) is 1.92. The van der Waals surface area contributed by atoms with Gasteiger partial charge in [0.05, 0.1) is 0 Å². The first-order valence-electron chi connectivity index (χ1n) is 2.69. The fraction of sp³-hybridized carbons (Fsp3) is 0.250. The topological polar surface area (TPSA) is 119 Å². The van der Waals surface area contributed by atoms with E-state index in [-0.39, 0.29) is 11.5 Å². The van der Waals surface area contributed by atoms with Crippen molar-refractivity contribution in [1.29, 1.82) is 0 Å². The van der Waals surface area contributed by atoms with E-state index in [9.17, 15) is 4.79 Å². The molecule has 0 aromatic carbocycles. The molecule has 0 aromatic rings. The number of hydrogen-bond donors (Lipinski definition) is 5. The summed E-state index contributed by atoms with van der Waals surface area (Å²) in [6, 6.07) is 0. The highest BCUT2D eigenvalue weighted by atomic mass is 16.2. The Kier molecular flexibility index (Phi) is 1.38. The van der Waals surface area contributed by atoms with Crippen molar-refractivity contribution in [3.63, 3.8) is 0 Å². The molecular formula is C4H9N5O. The van der Waals surface area contributed by atoms with Gasteiger partial charge in [-0.15, -0.1) is 0 Å². The summed E-state index contributed by atoms with van der Waals surface area (Å²) in [4.78, 5) is 10.7. The predicted molar refractivity (Wildman–Crippen MR) is 34.7 cm³/mol. The smallest absolute Gasteiger partial charge is 0.273 e. The lowest BCUT2D eigenvalue weighted by Crippen LogP contribution is -2.58. The average molecular weight is 143 g/mol. The van der Waals surface area contributed by atoms with E-state index < -0.39 is 12.2 Å². The number of carbonyl (C=O) groups is 1. The Morgan fingerprint density at radius 1 is 1.30 bits per heavy atom. The van der Waals surface area contributed by atoms with Gasteiger partial charge in [-0.25, -0.2) is 0 Å². The van der Waals surface area contributed by atoms with Crippen LogP contribution < -0.4 is 27.8 Å². The van der Waals surface area contributed by atoms with Crippen molar-refractivity contribution in [1.82, 2.24) is 10.6 Å². The fourth-order valence-corrected chi connectivity index (χ4v) is 0.623. The van der Waals surface area contributed by atoms with Crippen LogP contribution in [0.25, 0.3) is 0 Å². The molecule has 10 heavy (non-hydrogen) atoms. The van der Waals surface area contributed by atoms with Crippen LogP contribution in [0.1, 0.15) is 0 Å². The zero-order valence-electron chi connectivity index (χ0n) is 5.22. The predicted octanol–water partition coefficient (Wildman–Crippen LogP) is -2.97. The van der Waals surface area contributed by atoms with Crippen LogP contribution in [0.4, 0.5) is 0 Å². The summed E-state index contributed by atoms with van der Waals surface area (Å²) >= 11 is 0. The second kappa shape index (κ2) is 2.07. The number of amides is 1. The molecule has 0 aliphatic carbocycles. The summed E-state index contributed by atoms with van der Waals surface area (Å²) in [6.45, 7) is 0. The zero-order chi connectivity index (χ0) is 7.72. The highest BCUT2D eigenvalue weighted by Crippen LogP contribution is 1.93. The third kappa shape index (κ3) is 0.960. The molecule has 56 valence electrons. The minimum atomic E-state index is -0.639. The maximum atomic E-state index is 10.7. The van der Waals surface area contributed by atoms with E-state index in [1.165, 1.54) is 0 Å². The molecule has 0 aromatic heterocycles. The quantitative estimate of drug-likeness (QED) is 0.248.